The van der Waals surface area contributed by atoms with E-state index < -0.39 is 0 Å². The van der Waals surface area contributed by atoms with Crippen molar-refractivity contribution in [3.63, 3.8) is 0 Å². The monoisotopic (exact) mass is 507 g/mol. The molecule has 2 aliphatic heterocycles. The van der Waals surface area contributed by atoms with Gasteiger partial charge in [0.15, 0.2) is 5.11 Å². The highest BCUT2D eigenvalue weighted by Crippen LogP contribution is 2.40. The van der Waals surface area contributed by atoms with Crippen LogP contribution < -0.4 is 20.6 Å². The number of nitrogens with zero attached hydrogens (tertiary/aromatic N) is 3. The molecule has 192 valence electrons. The molecule has 7 nitrogen and oxygen atoms in total. The molecular formula is C28H37N5O2S. The first kappa shape index (κ1) is 25.0. The van der Waals surface area contributed by atoms with Gasteiger partial charge in [-0.3, -0.25) is 15.2 Å². The van der Waals surface area contributed by atoms with Crippen LogP contribution in [-0.2, 0) is 0 Å². The molecule has 0 amide bonds. The molecule has 2 saturated heterocycles. The lowest BCUT2D eigenvalue weighted by molar-refractivity contribution is 0.183. The summed E-state index contributed by atoms with van der Waals surface area (Å²) in [7, 11) is 0. The second-order valence-electron chi connectivity index (χ2n) is 9.85. The van der Waals surface area contributed by atoms with Gasteiger partial charge < -0.3 is 15.2 Å². The van der Waals surface area contributed by atoms with Crippen LogP contribution >= 0.6 is 12.2 Å². The van der Waals surface area contributed by atoms with Gasteiger partial charge in [0.2, 0.25) is 0 Å². The van der Waals surface area contributed by atoms with E-state index in [1.54, 1.807) is 0 Å². The van der Waals surface area contributed by atoms with Crippen LogP contribution in [0.5, 0.6) is 11.5 Å². The molecule has 3 aliphatic rings. The summed E-state index contributed by atoms with van der Waals surface area (Å²) in [5, 5.41) is 4.71. The zero-order valence-corrected chi connectivity index (χ0v) is 21.8. The summed E-state index contributed by atoms with van der Waals surface area (Å²) < 4.78 is 12.3. The number of ether oxygens (including phenoxy) is 2. The van der Waals surface area contributed by atoms with Crippen molar-refractivity contribution in [1.29, 1.82) is 0 Å². The highest BCUT2D eigenvalue weighted by Gasteiger charge is 2.27. The van der Waals surface area contributed by atoms with Crippen molar-refractivity contribution in [2.45, 2.75) is 38.5 Å². The molecule has 0 saturated carbocycles. The highest BCUT2D eigenvalue weighted by atomic mass is 32.1. The van der Waals surface area contributed by atoms with Crippen molar-refractivity contribution >= 4 is 23.0 Å². The van der Waals surface area contributed by atoms with Crippen LogP contribution in [-0.4, -0.2) is 73.1 Å². The number of benzene rings is 2. The van der Waals surface area contributed by atoms with E-state index in [0.717, 1.165) is 52.6 Å². The first-order valence-corrected chi connectivity index (χ1v) is 13.7. The van der Waals surface area contributed by atoms with Crippen LogP contribution in [0, 0.1) is 0 Å². The maximum atomic E-state index is 6.14. The second-order valence-corrected chi connectivity index (χ2v) is 10.3. The van der Waals surface area contributed by atoms with Gasteiger partial charge in [-0.1, -0.05) is 12.8 Å². The Morgan fingerprint density at radius 2 is 1.22 bits per heavy atom. The smallest absolute Gasteiger partial charge is 0.184 e. The number of fused-ring (bicyclic) bond motifs is 3. The fourth-order valence-corrected chi connectivity index (χ4v) is 5.46. The normalized spacial score (nSPS) is 17.8. The van der Waals surface area contributed by atoms with Gasteiger partial charge in [-0.15, -0.1) is 0 Å². The minimum Gasteiger partial charge on any atom is -0.492 e. The molecular weight excluding hydrogens is 470 g/mol. The van der Waals surface area contributed by atoms with E-state index in [1.807, 2.05) is 12.1 Å². The minimum absolute atomic E-state index is 0.139. The molecule has 8 heteroatoms. The summed E-state index contributed by atoms with van der Waals surface area (Å²) in [6.45, 7) is 7.97. The number of nitrogens with two attached hydrogens (primary N) is 1. The summed E-state index contributed by atoms with van der Waals surface area (Å²) >= 11 is 5.02. The topological polar surface area (TPSA) is 75.3 Å². The fourth-order valence-electron chi connectivity index (χ4n) is 5.42. The Hall–Kier alpha value is -2.68. The highest BCUT2D eigenvalue weighted by molar-refractivity contribution is 7.80. The SMILES string of the molecule is NC(=S)NN=C1c2cc(OCCN3CCCCC3)ccc2-c2ccc(OCCN3CCCCC3)cc21. The zero-order valence-electron chi connectivity index (χ0n) is 21.0. The predicted octanol–water partition coefficient (Wildman–Crippen LogP) is 3.98. The van der Waals surface area contributed by atoms with E-state index in [-0.39, 0.29) is 5.11 Å². The van der Waals surface area contributed by atoms with Crippen molar-refractivity contribution < 1.29 is 9.47 Å². The maximum absolute atomic E-state index is 6.14. The molecule has 2 heterocycles. The maximum Gasteiger partial charge on any atom is 0.184 e. The Bertz CT molecular complexity index is 1020. The van der Waals surface area contributed by atoms with Crippen molar-refractivity contribution in [2.75, 3.05) is 52.5 Å². The van der Waals surface area contributed by atoms with Gasteiger partial charge in [0, 0.05) is 24.2 Å². The zero-order chi connectivity index (χ0) is 24.7. The molecule has 5 rings (SSSR count). The Kier molecular flexibility index (Phi) is 8.36. The molecule has 0 spiro atoms. The molecule has 0 atom stereocenters. The Labute approximate surface area is 219 Å². The molecule has 1 aliphatic carbocycles. The van der Waals surface area contributed by atoms with E-state index in [0.29, 0.717) is 13.2 Å². The molecule has 0 unspecified atom stereocenters. The van der Waals surface area contributed by atoms with Gasteiger partial charge in [0.05, 0.1) is 5.71 Å². The fraction of sp³-hybridized carbons (Fsp3) is 0.500. The first-order chi connectivity index (χ1) is 17.7. The lowest BCUT2D eigenvalue weighted by Gasteiger charge is -2.26. The largest absolute Gasteiger partial charge is 0.492 e. The number of nitrogens with one attached hydrogen (secondary N) is 1. The van der Waals surface area contributed by atoms with E-state index in [1.165, 1.54) is 64.7 Å². The molecule has 3 N–H and O–H groups in total. The molecule has 0 bridgehead atoms. The Morgan fingerprint density at radius 1 is 0.750 bits per heavy atom. The average Bonchev–Trinajstić information content (AvgIpc) is 3.21. The van der Waals surface area contributed by atoms with Gasteiger partial charge in [0.1, 0.15) is 24.7 Å². The summed E-state index contributed by atoms with van der Waals surface area (Å²) in [4.78, 5) is 4.97. The van der Waals surface area contributed by atoms with Crippen LogP contribution in [0.2, 0.25) is 0 Å². The van der Waals surface area contributed by atoms with Crippen molar-refractivity contribution in [2.24, 2.45) is 10.8 Å². The van der Waals surface area contributed by atoms with Crippen LogP contribution in [0.4, 0.5) is 0 Å². The number of hydrazone groups is 1. The quantitative estimate of drug-likeness (QED) is 0.335. The first-order valence-electron chi connectivity index (χ1n) is 13.3. The van der Waals surface area contributed by atoms with Gasteiger partial charge in [-0.2, -0.15) is 5.10 Å². The number of likely N-dealkylation sites (tertiary alicyclic amines) is 2. The third kappa shape index (κ3) is 6.17. The Morgan fingerprint density at radius 3 is 1.67 bits per heavy atom. The summed E-state index contributed by atoms with van der Waals surface area (Å²) in [6, 6.07) is 12.5. The van der Waals surface area contributed by atoms with E-state index in [2.05, 4.69) is 44.6 Å². The summed E-state index contributed by atoms with van der Waals surface area (Å²) in [6.07, 6.45) is 7.84. The van der Waals surface area contributed by atoms with Gasteiger partial charge in [-0.25, -0.2) is 0 Å². The molecule has 2 aromatic rings. The molecule has 0 radical (unpaired) electrons. The number of hydrogen-bond donors (Lipinski definition) is 2. The number of rotatable bonds is 9. The van der Waals surface area contributed by atoms with Crippen molar-refractivity contribution in [3.8, 4) is 22.6 Å². The number of piperidine rings is 2. The van der Waals surface area contributed by atoms with Crippen LogP contribution in [0.25, 0.3) is 11.1 Å². The lowest BCUT2D eigenvalue weighted by Crippen LogP contribution is -2.33. The van der Waals surface area contributed by atoms with Crippen LogP contribution in [0.1, 0.15) is 49.7 Å². The van der Waals surface area contributed by atoms with E-state index >= 15 is 0 Å². The number of hydrogen-bond acceptors (Lipinski definition) is 6. The lowest BCUT2D eigenvalue weighted by atomic mass is 10.1. The third-order valence-electron chi connectivity index (χ3n) is 7.31. The third-order valence-corrected chi connectivity index (χ3v) is 7.40. The summed E-state index contributed by atoms with van der Waals surface area (Å²) in [5.41, 5.74) is 13.5. The summed E-state index contributed by atoms with van der Waals surface area (Å²) in [5.74, 6) is 1.69. The standard InChI is InChI=1S/C28H37N5O2S/c29-28(36)31-30-27-25-19-21(34-17-15-32-11-3-1-4-12-32)7-9-23(25)24-10-8-22(20-26(24)27)35-18-16-33-13-5-2-6-14-33/h7-10,19-20H,1-6,11-18H2,(H3,29,31,36). The Balaban J connectivity index is 1.29. The minimum atomic E-state index is 0.139. The molecule has 2 aromatic carbocycles. The van der Waals surface area contributed by atoms with Gasteiger partial charge in [-0.05, 0) is 112 Å². The van der Waals surface area contributed by atoms with Crippen LogP contribution in [0.3, 0.4) is 0 Å². The van der Waals surface area contributed by atoms with E-state index in [9.17, 15) is 0 Å². The molecule has 0 aromatic heterocycles. The molecule has 2 fully saturated rings. The van der Waals surface area contributed by atoms with Crippen molar-refractivity contribution in [1.82, 2.24) is 15.2 Å². The average molecular weight is 508 g/mol. The number of thiocarbonyl (C=S) groups is 1. The van der Waals surface area contributed by atoms with Crippen LogP contribution in [0.15, 0.2) is 41.5 Å². The van der Waals surface area contributed by atoms with Gasteiger partial charge >= 0.3 is 0 Å². The van der Waals surface area contributed by atoms with Crippen molar-refractivity contribution in [3.05, 3.63) is 47.5 Å². The molecule has 36 heavy (non-hydrogen) atoms. The second kappa shape index (κ2) is 12.0. The predicted molar refractivity (Wildman–Crippen MR) is 149 cm³/mol. The van der Waals surface area contributed by atoms with Gasteiger partial charge in [0.25, 0.3) is 0 Å². The van der Waals surface area contributed by atoms with E-state index in [4.69, 9.17) is 27.4 Å².